The second-order valence-electron chi connectivity index (χ2n) is 8.14. The fraction of sp³-hybridized carbons (Fsp3) is 0.500. The Labute approximate surface area is 181 Å². The molecule has 1 fully saturated rings. The number of carboxylic acid groups (broad SMARTS) is 1. The number of fused-ring (bicyclic) bond motifs is 1. The molecule has 1 aliphatic heterocycles. The molecule has 1 aromatic carbocycles. The van der Waals surface area contributed by atoms with E-state index in [4.69, 9.17) is 5.26 Å². The van der Waals surface area contributed by atoms with Crippen molar-refractivity contribution in [2.75, 3.05) is 11.9 Å². The Hall–Kier alpha value is -1.60. The summed E-state index contributed by atoms with van der Waals surface area (Å²) in [4.78, 5) is 12.9. The topological polar surface area (TPSA) is 76.4 Å². The Balaban J connectivity index is 1.93. The summed E-state index contributed by atoms with van der Waals surface area (Å²) < 4.78 is 17.6. The summed E-state index contributed by atoms with van der Waals surface area (Å²) >= 11 is 3.84. The number of likely N-dealkylation sites (tertiary alicyclic amines) is 1. The predicted molar refractivity (Wildman–Crippen MR) is 119 cm³/mol. The van der Waals surface area contributed by atoms with Crippen molar-refractivity contribution in [2.45, 2.75) is 51.9 Å². The SMILES string of the molecule is CC(C)(C)C1C(F)C(Nc2cccc3c(CC#N)c(I)sc23)CCN1C(=O)O. The number of nitriles is 1. The molecule has 0 aliphatic carbocycles. The van der Waals surface area contributed by atoms with Crippen molar-refractivity contribution >= 4 is 55.8 Å². The van der Waals surface area contributed by atoms with Gasteiger partial charge in [-0.1, -0.05) is 32.9 Å². The molecule has 0 saturated carbocycles. The van der Waals surface area contributed by atoms with Gasteiger partial charge in [0.15, 0.2) is 0 Å². The van der Waals surface area contributed by atoms with Gasteiger partial charge in [0.1, 0.15) is 6.17 Å². The number of nitrogens with one attached hydrogen (secondary N) is 1. The van der Waals surface area contributed by atoms with Crippen molar-refractivity contribution in [3.63, 3.8) is 0 Å². The molecular weight excluding hydrogens is 492 g/mol. The van der Waals surface area contributed by atoms with Gasteiger partial charge in [0, 0.05) is 6.54 Å². The van der Waals surface area contributed by atoms with Crippen LogP contribution in [0.15, 0.2) is 18.2 Å². The van der Waals surface area contributed by atoms with Crippen LogP contribution in [0.5, 0.6) is 0 Å². The van der Waals surface area contributed by atoms with Crippen molar-refractivity contribution < 1.29 is 14.3 Å². The quantitative estimate of drug-likeness (QED) is 0.531. The number of hydrogen-bond donors (Lipinski definition) is 2. The molecule has 2 aromatic rings. The van der Waals surface area contributed by atoms with E-state index in [0.717, 1.165) is 24.2 Å². The Morgan fingerprint density at radius 2 is 2.21 bits per heavy atom. The molecule has 8 heteroatoms. The molecule has 1 aromatic heterocycles. The summed E-state index contributed by atoms with van der Waals surface area (Å²) in [6.45, 7) is 5.92. The van der Waals surface area contributed by atoms with Crippen LogP contribution in [-0.4, -0.2) is 40.9 Å². The second-order valence-corrected chi connectivity index (χ2v) is 11.0. The van der Waals surface area contributed by atoms with Crippen molar-refractivity contribution in [3.8, 4) is 6.07 Å². The molecule has 2 N–H and O–H groups in total. The minimum atomic E-state index is -1.32. The Bertz CT molecular complexity index is 934. The number of thiophene rings is 1. The molecule has 28 heavy (non-hydrogen) atoms. The first-order valence-corrected chi connectivity index (χ1v) is 11.0. The lowest BCUT2D eigenvalue weighted by Gasteiger charge is -2.47. The third-order valence-electron chi connectivity index (χ3n) is 5.20. The van der Waals surface area contributed by atoms with Gasteiger partial charge in [-0.05, 0) is 51.4 Å². The number of anilines is 1. The maximum atomic E-state index is 15.5. The number of nitrogens with zero attached hydrogens (tertiary/aromatic N) is 2. The number of rotatable bonds is 3. The van der Waals surface area contributed by atoms with E-state index >= 15 is 4.39 Å². The highest BCUT2D eigenvalue weighted by atomic mass is 127. The molecule has 5 nitrogen and oxygen atoms in total. The Kier molecular flexibility index (Phi) is 6.05. The van der Waals surface area contributed by atoms with E-state index in [1.165, 1.54) is 4.90 Å². The number of amides is 1. The van der Waals surface area contributed by atoms with E-state index in [9.17, 15) is 9.90 Å². The molecule has 0 radical (unpaired) electrons. The molecule has 3 unspecified atom stereocenters. The monoisotopic (exact) mass is 515 g/mol. The van der Waals surface area contributed by atoms with Crippen molar-refractivity contribution in [3.05, 3.63) is 26.6 Å². The van der Waals surface area contributed by atoms with E-state index in [0.29, 0.717) is 19.4 Å². The molecular formula is C20H23FIN3O2S. The van der Waals surface area contributed by atoms with Gasteiger partial charge in [-0.25, -0.2) is 9.18 Å². The average molecular weight is 515 g/mol. The lowest BCUT2D eigenvalue weighted by molar-refractivity contribution is 0.00172. The number of halogens is 2. The minimum Gasteiger partial charge on any atom is -0.465 e. The molecule has 0 spiro atoms. The summed E-state index contributed by atoms with van der Waals surface area (Å²) in [6, 6.07) is 6.85. The van der Waals surface area contributed by atoms with Crippen LogP contribution in [0.25, 0.3) is 10.1 Å². The first-order valence-electron chi connectivity index (χ1n) is 9.12. The number of piperidine rings is 1. The van der Waals surface area contributed by atoms with Gasteiger partial charge in [0.25, 0.3) is 0 Å². The van der Waals surface area contributed by atoms with E-state index in [2.05, 4.69) is 34.0 Å². The maximum Gasteiger partial charge on any atom is 0.407 e. The molecule has 150 valence electrons. The predicted octanol–water partition coefficient (Wildman–Crippen LogP) is 5.49. The highest BCUT2D eigenvalue weighted by Gasteiger charge is 2.46. The van der Waals surface area contributed by atoms with Crippen LogP contribution >= 0.6 is 33.9 Å². The van der Waals surface area contributed by atoms with Crippen LogP contribution in [0.2, 0.25) is 0 Å². The Morgan fingerprint density at radius 3 is 2.82 bits per heavy atom. The molecule has 1 aliphatic rings. The molecule has 3 rings (SSSR count). The van der Waals surface area contributed by atoms with Gasteiger partial charge in [-0.3, -0.25) is 0 Å². The normalized spacial score (nSPS) is 22.9. The molecule has 1 amide bonds. The maximum absolute atomic E-state index is 15.5. The van der Waals surface area contributed by atoms with Crippen LogP contribution in [0.1, 0.15) is 32.8 Å². The van der Waals surface area contributed by atoms with E-state index in [1.54, 1.807) is 11.3 Å². The first-order chi connectivity index (χ1) is 13.1. The van der Waals surface area contributed by atoms with Gasteiger partial charge >= 0.3 is 6.09 Å². The van der Waals surface area contributed by atoms with Crippen LogP contribution in [0, 0.1) is 19.6 Å². The summed E-state index contributed by atoms with van der Waals surface area (Å²) in [5.41, 5.74) is 1.34. The largest absolute Gasteiger partial charge is 0.465 e. The van der Waals surface area contributed by atoms with Crippen LogP contribution in [-0.2, 0) is 6.42 Å². The van der Waals surface area contributed by atoms with Gasteiger partial charge in [-0.15, -0.1) is 11.3 Å². The molecule has 3 atom stereocenters. The van der Waals surface area contributed by atoms with Crippen LogP contribution in [0.3, 0.4) is 0 Å². The zero-order chi connectivity index (χ0) is 20.6. The summed E-state index contributed by atoms with van der Waals surface area (Å²) in [5.74, 6) is 0. The summed E-state index contributed by atoms with van der Waals surface area (Å²) in [6.07, 6.45) is -1.64. The molecule has 2 heterocycles. The van der Waals surface area contributed by atoms with Crippen LogP contribution in [0.4, 0.5) is 14.9 Å². The van der Waals surface area contributed by atoms with E-state index in [1.807, 2.05) is 39.0 Å². The average Bonchev–Trinajstić information content (AvgIpc) is 2.92. The van der Waals surface area contributed by atoms with E-state index < -0.39 is 29.8 Å². The zero-order valence-corrected chi connectivity index (χ0v) is 19.0. The van der Waals surface area contributed by atoms with Gasteiger partial charge in [-0.2, -0.15) is 5.26 Å². The number of alkyl halides is 1. The van der Waals surface area contributed by atoms with Gasteiger partial charge in [0.05, 0.1) is 37.8 Å². The van der Waals surface area contributed by atoms with Crippen molar-refractivity contribution in [2.24, 2.45) is 5.41 Å². The molecule has 0 bridgehead atoms. The van der Waals surface area contributed by atoms with Crippen molar-refractivity contribution in [1.29, 1.82) is 5.26 Å². The number of carbonyl (C=O) groups is 1. The lowest BCUT2D eigenvalue weighted by atomic mass is 9.78. The standard InChI is InChI=1S/C20H23FIN3O2S/c1-20(2,3)17-15(21)13(8-10-25(17)19(26)27)24-14-6-4-5-11-12(7-9-23)18(22)28-16(11)14/h4-6,13,15,17,24H,7-8,10H2,1-3H3,(H,26,27). The third-order valence-corrected chi connectivity index (χ3v) is 7.58. The van der Waals surface area contributed by atoms with Crippen molar-refractivity contribution in [1.82, 2.24) is 4.90 Å². The number of benzene rings is 1. The summed E-state index contributed by atoms with van der Waals surface area (Å²) in [5, 5.41) is 23.0. The highest BCUT2D eigenvalue weighted by Crippen LogP contribution is 2.40. The summed E-state index contributed by atoms with van der Waals surface area (Å²) in [7, 11) is 0. The van der Waals surface area contributed by atoms with Gasteiger partial charge in [0.2, 0.25) is 0 Å². The smallest absolute Gasteiger partial charge is 0.407 e. The van der Waals surface area contributed by atoms with E-state index in [-0.39, 0.29) is 0 Å². The number of hydrogen-bond acceptors (Lipinski definition) is 4. The molecule has 1 saturated heterocycles. The van der Waals surface area contributed by atoms with Crippen LogP contribution < -0.4 is 5.32 Å². The lowest BCUT2D eigenvalue weighted by Crippen LogP contribution is -2.61. The fourth-order valence-electron chi connectivity index (χ4n) is 3.98. The fourth-order valence-corrected chi connectivity index (χ4v) is 6.14. The Morgan fingerprint density at radius 1 is 1.50 bits per heavy atom. The third kappa shape index (κ3) is 3.92. The first kappa shape index (κ1) is 21.1. The highest BCUT2D eigenvalue weighted by molar-refractivity contribution is 14.1. The minimum absolute atomic E-state index is 0.299. The second kappa shape index (κ2) is 8.03. The zero-order valence-electron chi connectivity index (χ0n) is 16.0. The van der Waals surface area contributed by atoms with Gasteiger partial charge < -0.3 is 15.3 Å².